The lowest BCUT2D eigenvalue weighted by molar-refractivity contribution is -0.286. The number of aryl methyl sites for hydroxylation is 1. The van der Waals surface area contributed by atoms with Crippen molar-refractivity contribution in [2.75, 3.05) is 11.9 Å². The summed E-state index contributed by atoms with van der Waals surface area (Å²) < 4.78 is 36.7. The number of fused-ring (bicyclic) bond motifs is 2. The number of hydrogen-bond donors (Lipinski definition) is 2. The molecule has 2 amide bonds. The zero-order chi connectivity index (χ0) is 19.0. The molecule has 2 heterocycles. The molecular weight excluding hydrogens is 358 g/mol. The molecule has 0 saturated carbocycles. The summed E-state index contributed by atoms with van der Waals surface area (Å²) in [7, 11) is 0. The Balaban J connectivity index is 1.35. The number of amides is 2. The normalized spacial score (nSPS) is 14.3. The van der Waals surface area contributed by atoms with Crippen LogP contribution >= 0.6 is 0 Å². The highest BCUT2D eigenvalue weighted by molar-refractivity contribution is 5.89. The Morgan fingerprint density at radius 2 is 1.96 bits per heavy atom. The molecule has 0 spiro atoms. The van der Waals surface area contributed by atoms with Crippen molar-refractivity contribution in [1.29, 1.82) is 0 Å². The number of anilines is 1. The fourth-order valence-electron chi connectivity index (χ4n) is 2.96. The molecule has 1 aliphatic rings. The smallest absolute Gasteiger partial charge is 0.395 e. The SMILES string of the molecule is Cc1nc2ccccc2n1CCNC(=O)Nc1ccc2c(c1)OC(F)(F)O2. The second-order valence-electron chi connectivity index (χ2n) is 6.01. The van der Waals surface area contributed by atoms with Gasteiger partial charge in [-0.05, 0) is 31.2 Å². The molecule has 9 heteroatoms. The number of imidazole rings is 1. The van der Waals surface area contributed by atoms with Crippen LogP contribution in [0.5, 0.6) is 11.5 Å². The number of para-hydroxylation sites is 2. The molecule has 1 aliphatic heterocycles. The van der Waals surface area contributed by atoms with Gasteiger partial charge in [-0.2, -0.15) is 0 Å². The molecule has 0 aliphatic carbocycles. The van der Waals surface area contributed by atoms with Gasteiger partial charge < -0.3 is 24.7 Å². The molecule has 2 N–H and O–H groups in total. The minimum atomic E-state index is -3.69. The third kappa shape index (κ3) is 3.48. The number of aromatic nitrogens is 2. The van der Waals surface area contributed by atoms with Gasteiger partial charge in [0.2, 0.25) is 0 Å². The number of ether oxygens (including phenoxy) is 2. The molecule has 0 bridgehead atoms. The minimum Gasteiger partial charge on any atom is -0.395 e. The monoisotopic (exact) mass is 374 g/mol. The van der Waals surface area contributed by atoms with Gasteiger partial charge in [-0.3, -0.25) is 0 Å². The molecule has 140 valence electrons. The fourth-order valence-corrected chi connectivity index (χ4v) is 2.96. The number of halogens is 2. The van der Waals surface area contributed by atoms with Crippen LogP contribution in [-0.2, 0) is 6.54 Å². The van der Waals surface area contributed by atoms with Gasteiger partial charge in [-0.1, -0.05) is 12.1 Å². The molecule has 0 unspecified atom stereocenters. The Kier molecular flexibility index (Phi) is 4.06. The first kappa shape index (κ1) is 17.1. The van der Waals surface area contributed by atoms with Crippen LogP contribution in [0.4, 0.5) is 19.3 Å². The van der Waals surface area contributed by atoms with Gasteiger partial charge in [0.15, 0.2) is 11.5 Å². The summed E-state index contributed by atoms with van der Waals surface area (Å²) in [5, 5.41) is 5.30. The summed E-state index contributed by atoms with van der Waals surface area (Å²) >= 11 is 0. The molecule has 0 saturated heterocycles. The summed E-state index contributed by atoms with van der Waals surface area (Å²) in [6.45, 7) is 2.82. The first-order valence-electron chi connectivity index (χ1n) is 8.28. The van der Waals surface area contributed by atoms with Gasteiger partial charge in [0.05, 0.1) is 11.0 Å². The number of carbonyl (C=O) groups is 1. The van der Waals surface area contributed by atoms with Gasteiger partial charge in [-0.25, -0.2) is 9.78 Å². The predicted molar refractivity (Wildman–Crippen MR) is 94.1 cm³/mol. The first-order chi connectivity index (χ1) is 12.9. The molecule has 2 aromatic carbocycles. The lowest BCUT2D eigenvalue weighted by atomic mass is 10.3. The molecular formula is C18H16F2N4O3. The van der Waals surface area contributed by atoms with Crippen LogP contribution in [0.1, 0.15) is 5.82 Å². The first-order valence-corrected chi connectivity index (χ1v) is 8.28. The van der Waals surface area contributed by atoms with Crippen LogP contribution in [0.2, 0.25) is 0 Å². The third-order valence-electron chi connectivity index (χ3n) is 4.13. The molecule has 0 fully saturated rings. The highest BCUT2D eigenvalue weighted by Crippen LogP contribution is 2.42. The van der Waals surface area contributed by atoms with E-state index in [1.54, 1.807) is 0 Å². The fraction of sp³-hybridized carbons (Fsp3) is 0.222. The Morgan fingerprint density at radius 1 is 1.19 bits per heavy atom. The van der Waals surface area contributed by atoms with E-state index in [0.717, 1.165) is 16.9 Å². The van der Waals surface area contributed by atoms with Crippen molar-refractivity contribution < 1.29 is 23.0 Å². The van der Waals surface area contributed by atoms with Crippen LogP contribution in [0, 0.1) is 6.92 Å². The number of hydrogen-bond acceptors (Lipinski definition) is 4. The number of benzene rings is 2. The van der Waals surface area contributed by atoms with E-state index >= 15 is 0 Å². The van der Waals surface area contributed by atoms with E-state index in [9.17, 15) is 13.6 Å². The molecule has 3 aromatic rings. The Labute approximate surface area is 152 Å². The summed E-state index contributed by atoms with van der Waals surface area (Å²) in [6, 6.07) is 11.4. The highest BCUT2D eigenvalue weighted by atomic mass is 19.3. The van der Waals surface area contributed by atoms with Crippen molar-refractivity contribution in [3.8, 4) is 11.5 Å². The van der Waals surface area contributed by atoms with Crippen LogP contribution in [0.3, 0.4) is 0 Å². The van der Waals surface area contributed by atoms with E-state index < -0.39 is 12.3 Å². The maximum atomic E-state index is 13.0. The summed E-state index contributed by atoms with van der Waals surface area (Å²) in [5.41, 5.74) is 2.21. The van der Waals surface area contributed by atoms with Gasteiger partial charge in [-0.15, -0.1) is 8.78 Å². The van der Waals surface area contributed by atoms with Crippen molar-refractivity contribution >= 4 is 22.8 Å². The van der Waals surface area contributed by atoms with Crippen molar-refractivity contribution in [2.24, 2.45) is 0 Å². The quantitative estimate of drug-likeness (QED) is 0.733. The largest absolute Gasteiger partial charge is 0.586 e. The molecule has 27 heavy (non-hydrogen) atoms. The van der Waals surface area contributed by atoms with Crippen molar-refractivity contribution in [1.82, 2.24) is 14.9 Å². The van der Waals surface area contributed by atoms with E-state index in [1.165, 1.54) is 18.2 Å². The van der Waals surface area contributed by atoms with Gasteiger partial charge >= 0.3 is 12.3 Å². The van der Waals surface area contributed by atoms with E-state index in [1.807, 2.05) is 35.8 Å². The highest BCUT2D eigenvalue weighted by Gasteiger charge is 2.43. The molecule has 1 aromatic heterocycles. The van der Waals surface area contributed by atoms with E-state index in [2.05, 4.69) is 25.1 Å². The van der Waals surface area contributed by atoms with Crippen LogP contribution < -0.4 is 20.1 Å². The number of urea groups is 1. The van der Waals surface area contributed by atoms with Crippen LogP contribution in [0.15, 0.2) is 42.5 Å². The predicted octanol–water partition coefficient (Wildman–Crippen LogP) is 3.49. The van der Waals surface area contributed by atoms with Gasteiger partial charge in [0, 0.05) is 24.8 Å². The molecule has 7 nitrogen and oxygen atoms in total. The standard InChI is InChI=1S/C18H16F2N4O3/c1-11-22-13-4-2-3-5-14(13)24(11)9-8-21-17(25)23-12-6-7-15-16(10-12)27-18(19,20)26-15/h2-7,10H,8-9H2,1H3,(H2,21,23,25). The van der Waals surface area contributed by atoms with E-state index in [-0.39, 0.29) is 11.5 Å². The number of rotatable bonds is 4. The third-order valence-corrected chi connectivity index (χ3v) is 4.13. The number of nitrogens with one attached hydrogen (secondary N) is 2. The molecule has 0 atom stereocenters. The van der Waals surface area contributed by atoms with Crippen molar-refractivity contribution in [3.63, 3.8) is 0 Å². The lowest BCUT2D eigenvalue weighted by Crippen LogP contribution is -2.31. The van der Waals surface area contributed by atoms with Gasteiger partial charge in [0.25, 0.3) is 0 Å². The summed E-state index contributed by atoms with van der Waals surface area (Å²) in [4.78, 5) is 16.5. The molecule has 0 radical (unpaired) electrons. The van der Waals surface area contributed by atoms with Crippen molar-refractivity contribution in [2.45, 2.75) is 19.8 Å². The maximum Gasteiger partial charge on any atom is 0.586 e. The molecule has 4 rings (SSSR count). The Bertz CT molecular complexity index is 1020. The van der Waals surface area contributed by atoms with Crippen molar-refractivity contribution in [3.05, 3.63) is 48.3 Å². The van der Waals surface area contributed by atoms with Crippen LogP contribution in [-0.4, -0.2) is 28.4 Å². The Morgan fingerprint density at radius 3 is 2.81 bits per heavy atom. The van der Waals surface area contributed by atoms with Crippen LogP contribution in [0.25, 0.3) is 11.0 Å². The van der Waals surface area contributed by atoms with E-state index in [0.29, 0.717) is 18.8 Å². The topological polar surface area (TPSA) is 77.4 Å². The zero-order valence-electron chi connectivity index (χ0n) is 14.3. The zero-order valence-corrected chi connectivity index (χ0v) is 14.3. The second kappa shape index (κ2) is 6.42. The van der Waals surface area contributed by atoms with E-state index in [4.69, 9.17) is 0 Å². The average Bonchev–Trinajstić information content (AvgIpc) is 3.09. The summed E-state index contributed by atoms with van der Waals surface area (Å²) in [5.74, 6) is 0.654. The summed E-state index contributed by atoms with van der Waals surface area (Å²) in [6.07, 6.45) is -3.69. The number of carbonyl (C=O) groups excluding carboxylic acids is 1. The Hall–Kier alpha value is -3.36. The van der Waals surface area contributed by atoms with Gasteiger partial charge in [0.1, 0.15) is 5.82 Å². The number of nitrogens with zero attached hydrogens (tertiary/aromatic N) is 2. The second-order valence-corrected chi connectivity index (χ2v) is 6.01. The maximum absolute atomic E-state index is 13.0. The average molecular weight is 374 g/mol. The minimum absolute atomic E-state index is 0.0755. The number of alkyl halides is 2. The lowest BCUT2D eigenvalue weighted by Gasteiger charge is -2.10.